The topological polar surface area (TPSA) is 66.5 Å². The highest BCUT2D eigenvalue weighted by molar-refractivity contribution is 7.99. The molecular weight excluding hydrogens is 308 g/mol. The zero-order valence-corrected chi connectivity index (χ0v) is 13.7. The Morgan fingerprint density at radius 1 is 1.24 bits per heavy atom. The lowest BCUT2D eigenvalue weighted by Crippen LogP contribution is -2.37. The molecule has 1 amide bonds. The van der Waals surface area contributed by atoms with Crippen molar-refractivity contribution in [2.75, 3.05) is 42.7 Å². The number of anilines is 1. The number of rotatable bonds is 4. The third-order valence-corrected chi connectivity index (χ3v) is 5.48. The van der Waals surface area contributed by atoms with E-state index in [0.717, 1.165) is 36.7 Å². The minimum atomic E-state index is -3.18. The van der Waals surface area contributed by atoms with E-state index in [2.05, 4.69) is 5.32 Å². The minimum absolute atomic E-state index is 0.0877. The van der Waals surface area contributed by atoms with Crippen molar-refractivity contribution in [2.45, 2.75) is 11.3 Å². The van der Waals surface area contributed by atoms with E-state index in [1.807, 2.05) is 16.7 Å². The normalized spacial score (nSPS) is 16.3. The van der Waals surface area contributed by atoms with Crippen LogP contribution in [0.3, 0.4) is 0 Å². The second kappa shape index (κ2) is 7.17. The molecule has 0 radical (unpaired) electrons. The Kier molecular flexibility index (Phi) is 5.52. The Hall–Kier alpha value is -1.21. The Balaban J connectivity index is 1.89. The highest BCUT2D eigenvalue weighted by Crippen LogP contribution is 2.14. The molecule has 2 rings (SSSR count). The Labute approximate surface area is 130 Å². The molecule has 0 unspecified atom stereocenters. The zero-order chi connectivity index (χ0) is 15.3. The molecule has 1 heterocycles. The summed E-state index contributed by atoms with van der Waals surface area (Å²) in [6.07, 6.45) is 2.22. The lowest BCUT2D eigenvalue weighted by Gasteiger charge is -2.20. The summed E-state index contributed by atoms with van der Waals surface area (Å²) >= 11 is 1.88. The lowest BCUT2D eigenvalue weighted by atomic mass is 10.3. The van der Waals surface area contributed by atoms with Gasteiger partial charge in [0.15, 0.2) is 9.84 Å². The average Bonchev–Trinajstić information content (AvgIpc) is 2.73. The van der Waals surface area contributed by atoms with E-state index in [4.69, 9.17) is 0 Å². The van der Waals surface area contributed by atoms with Crippen LogP contribution in [-0.2, 0) is 14.6 Å². The fourth-order valence-corrected chi connectivity index (χ4v) is 3.62. The van der Waals surface area contributed by atoms with Crippen molar-refractivity contribution >= 4 is 33.2 Å². The zero-order valence-electron chi connectivity index (χ0n) is 12.0. The number of thioether (sulfide) groups is 1. The second-order valence-corrected chi connectivity index (χ2v) is 8.24. The predicted molar refractivity (Wildman–Crippen MR) is 86.6 cm³/mol. The van der Waals surface area contributed by atoms with Crippen molar-refractivity contribution < 1.29 is 13.2 Å². The molecule has 1 N–H and O–H groups in total. The van der Waals surface area contributed by atoms with Gasteiger partial charge in [-0.15, -0.1) is 0 Å². The lowest BCUT2D eigenvalue weighted by molar-refractivity contribution is -0.129. The van der Waals surface area contributed by atoms with Crippen LogP contribution in [0.4, 0.5) is 5.69 Å². The molecule has 1 saturated heterocycles. The van der Waals surface area contributed by atoms with Gasteiger partial charge >= 0.3 is 0 Å². The van der Waals surface area contributed by atoms with Gasteiger partial charge in [0, 0.05) is 30.8 Å². The minimum Gasteiger partial charge on any atom is -0.376 e. The maximum Gasteiger partial charge on any atom is 0.241 e. The van der Waals surface area contributed by atoms with Gasteiger partial charge in [0.05, 0.1) is 11.4 Å². The molecule has 7 heteroatoms. The molecule has 1 aromatic carbocycles. The number of benzene rings is 1. The molecule has 0 spiro atoms. The first-order valence-corrected chi connectivity index (χ1v) is 9.91. The van der Waals surface area contributed by atoms with Crippen molar-refractivity contribution in [1.29, 1.82) is 0 Å². The van der Waals surface area contributed by atoms with Crippen LogP contribution >= 0.6 is 11.8 Å². The van der Waals surface area contributed by atoms with E-state index in [1.165, 1.54) is 6.26 Å². The van der Waals surface area contributed by atoms with Gasteiger partial charge in [0.2, 0.25) is 5.91 Å². The summed E-state index contributed by atoms with van der Waals surface area (Å²) in [7, 11) is -3.18. The number of amides is 1. The molecule has 1 aromatic rings. The van der Waals surface area contributed by atoms with E-state index in [1.54, 1.807) is 24.3 Å². The molecule has 0 saturated carbocycles. The molecule has 0 bridgehead atoms. The van der Waals surface area contributed by atoms with Crippen molar-refractivity contribution in [3.8, 4) is 0 Å². The number of nitrogens with zero attached hydrogens (tertiary/aromatic N) is 1. The van der Waals surface area contributed by atoms with E-state index in [-0.39, 0.29) is 17.3 Å². The van der Waals surface area contributed by atoms with Crippen LogP contribution in [0, 0.1) is 0 Å². The van der Waals surface area contributed by atoms with Crippen LogP contribution in [0.2, 0.25) is 0 Å². The fraction of sp³-hybridized carbons (Fsp3) is 0.500. The molecule has 1 fully saturated rings. The number of nitrogens with one attached hydrogen (secondary N) is 1. The Morgan fingerprint density at radius 2 is 1.95 bits per heavy atom. The van der Waals surface area contributed by atoms with Gasteiger partial charge in [-0.1, -0.05) is 0 Å². The van der Waals surface area contributed by atoms with Crippen LogP contribution in [0.1, 0.15) is 6.42 Å². The SMILES string of the molecule is CS(=O)(=O)c1ccc(NCC(=O)N2CCCSCC2)cc1. The maximum atomic E-state index is 12.1. The first kappa shape index (κ1) is 16.2. The number of sulfone groups is 1. The van der Waals surface area contributed by atoms with Crippen LogP contribution in [0.25, 0.3) is 0 Å². The second-order valence-electron chi connectivity index (χ2n) is 5.00. The Morgan fingerprint density at radius 3 is 2.62 bits per heavy atom. The van der Waals surface area contributed by atoms with E-state index >= 15 is 0 Å². The molecule has 5 nitrogen and oxygen atoms in total. The van der Waals surface area contributed by atoms with Gasteiger partial charge < -0.3 is 10.2 Å². The van der Waals surface area contributed by atoms with Crippen LogP contribution in [0.15, 0.2) is 29.2 Å². The van der Waals surface area contributed by atoms with Crippen molar-refractivity contribution in [3.05, 3.63) is 24.3 Å². The Bertz CT molecular complexity index is 577. The molecule has 0 aromatic heterocycles. The number of carbonyl (C=O) groups excluding carboxylic acids is 1. The predicted octanol–water partition coefficient (Wildman–Crippen LogP) is 1.47. The summed E-state index contributed by atoms with van der Waals surface area (Å²) in [5.74, 6) is 2.20. The van der Waals surface area contributed by atoms with Crippen LogP contribution in [-0.4, -0.2) is 56.6 Å². The van der Waals surface area contributed by atoms with Crippen molar-refractivity contribution in [1.82, 2.24) is 4.90 Å². The van der Waals surface area contributed by atoms with Gasteiger partial charge in [-0.05, 0) is 36.4 Å². The van der Waals surface area contributed by atoms with Crippen molar-refractivity contribution in [3.63, 3.8) is 0 Å². The number of hydrogen-bond donors (Lipinski definition) is 1. The van der Waals surface area contributed by atoms with Gasteiger partial charge in [0.1, 0.15) is 0 Å². The molecular formula is C14H20N2O3S2. The third-order valence-electron chi connectivity index (χ3n) is 3.30. The quantitative estimate of drug-likeness (QED) is 0.906. The molecule has 1 aliphatic heterocycles. The summed E-state index contributed by atoms with van der Waals surface area (Å²) in [5, 5.41) is 3.05. The smallest absolute Gasteiger partial charge is 0.241 e. The standard InChI is InChI=1S/C14H20N2O3S2/c1-21(18,19)13-5-3-12(4-6-13)15-11-14(17)16-7-2-9-20-10-8-16/h3-6,15H,2,7-11H2,1H3. The molecule has 116 valence electrons. The summed E-state index contributed by atoms with van der Waals surface area (Å²) in [4.78, 5) is 14.3. The van der Waals surface area contributed by atoms with Crippen molar-refractivity contribution in [2.24, 2.45) is 0 Å². The highest BCUT2D eigenvalue weighted by Gasteiger charge is 2.15. The summed E-state index contributed by atoms with van der Waals surface area (Å²) in [5.41, 5.74) is 0.750. The van der Waals surface area contributed by atoms with Gasteiger partial charge in [-0.25, -0.2) is 8.42 Å². The first-order chi connectivity index (χ1) is 9.97. The molecule has 0 atom stereocenters. The van der Waals surface area contributed by atoms with E-state index in [9.17, 15) is 13.2 Å². The molecule has 0 aliphatic carbocycles. The summed E-state index contributed by atoms with van der Waals surface area (Å²) in [6.45, 7) is 1.86. The van der Waals surface area contributed by atoms with Crippen LogP contribution in [0.5, 0.6) is 0 Å². The third kappa shape index (κ3) is 4.93. The number of carbonyl (C=O) groups is 1. The summed E-state index contributed by atoms with van der Waals surface area (Å²) in [6, 6.07) is 6.46. The molecule has 21 heavy (non-hydrogen) atoms. The molecule has 1 aliphatic rings. The average molecular weight is 328 g/mol. The highest BCUT2D eigenvalue weighted by atomic mass is 32.2. The monoisotopic (exact) mass is 328 g/mol. The number of hydrogen-bond acceptors (Lipinski definition) is 5. The van der Waals surface area contributed by atoms with Gasteiger partial charge in [-0.3, -0.25) is 4.79 Å². The fourth-order valence-electron chi connectivity index (χ4n) is 2.10. The maximum absolute atomic E-state index is 12.1. The van der Waals surface area contributed by atoms with Gasteiger partial charge in [0.25, 0.3) is 0 Å². The largest absolute Gasteiger partial charge is 0.376 e. The van der Waals surface area contributed by atoms with Gasteiger partial charge in [-0.2, -0.15) is 11.8 Å². The van der Waals surface area contributed by atoms with Crippen LogP contribution < -0.4 is 5.32 Å². The summed E-state index contributed by atoms with van der Waals surface area (Å²) < 4.78 is 22.7. The van der Waals surface area contributed by atoms with E-state index in [0.29, 0.717) is 0 Å². The first-order valence-electron chi connectivity index (χ1n) is 6.86. The van der Waals surface area contributed by atoms with E-state index < -0.39 is 9.84 Å².